The van der Waals surface area contributed by atoms with E-state index in [-0.39, 0.29) is 11.8 Å². The smallest absolute Gasteiger partial charge is 0.226 e. The van der Waals surface area contributed by atoms with Crippen LogP contribution in [0.5, 0.6) is 0 Å². The SMILES string of the molecule is Cc1ccc(-n2nc(-c3ccccc3)c3c2NC(=O)CC3c2ccc3ccccc3c2)cc1. The minimum absolute atomic E-state index is 0.00790. The van der Waals surface area contributed by atoms with Crippen molar-refractivity contribution in [3.8, 4) is 16.9 Å². The third-order valence-corrected chi connectivity index (χ3v) is 6.42. The van der Waals surface area contributed by atoms with E-state index in [0.29, 0.717) is 6.42 Å². The third kappa shape index (κ3) is 3.40. The predicted molar refractivity (Wildman–Crippen MR) is 133 cm³/mol. The van der Waals surface area contributed by atoms with E-state index in [0.717, 1.165) is 33.9 Å². The maximum atomic E-state index is 12.9. The quantitative estimate of drug-likeness (QED) is 0.357. The Morgan fingerprint density at radius 2 is 1.58 bits per heavy atom. The highest BCUT2D eigenvalue weighted by Gasteiger charge is 2.34. The fraction of sp³-hybridized carbons (Fsp3) is 0.103. The second-order valence-corrected chi connectivity index (χ2v) is 8.64. The molecule has 1 N–H and O–H groups in total. The van der Waals surface area contributed by atoms with Gasteiger partial charge in [-0.05, 0) is 35.4 Å². The van der Waals surface area contributed by atoms with Gasteiger partial charge in [0.15, 0.2) is 0 Å². The minimum Gasteiger partial charge on any atom is -0.310 e. The first-order chi connectivity index (χ1) is 16.2. The van der Waals surface area contributed by atoms with Gasteiger partial charge in [-0.25, -0.2) is 4.68 Å². The summed E-state index contributed by atoms with van der Waals surface area (Å²) in [6.45, 7) is 2.06. The number of aromatic nitrogens is 2. The summed E-state index contributed by atoms with van der Waals surface area (Å²) in [6.07, 6.45) is 0.394. The van der Waals surface area contributed by atoms with Crippen LogP contribution >= 0.6 is 0 Å². The van der Waals surface area contributed by atoms with Crippen LogP contribution in [0.15, 0.2) is 97.1 Å². The topological polar surface area (TPSA) is 46.9 Å². The molecule has 1 unspecified atom stereocenters. The first kappa shape index (κ1) is 19.5. The molecule has 33 heavy (non-hydrogen) atoms. The van der Waals surface area contributed by atoms with Crippen molar-refractivity contribution in [3.63, 3.8) is 0 Å². The van der Waals surface area contributed by atoms with Crippen LogP contribution in [0.1, 0.15) is 29.0 Å². The number of hydrogen-bond acceptors (Lipinski definition) is 2. The van der Waals surface area contributed by atoms with Crippen LogP contribution in [0.3, 0.4) is 0 Å². The Kier molecular flexibility index (Phi) is 4.58. The van der Waals surface area contributed by atoms with Crippen molar-refractivity contribution < 1.29 is 4.79 Å². The summed E-state index contributed by atoms with van der Waals surface area (Å²) in [7, 11) is 0. The Morgan fingerprint density at radius 1 is 0.848 bits per heavy atom. The molecule has 160 valence electrons. The molecule has 1 aromatic heterocycles. The van der Waals surface area contributed by atoms with Crippen LogP contribution in [0.4, 0.5) is 5.82 Å². The molecule has 4 nitrogen and oxygen atoms in total. The molecule has 4 aromatic carbocycles. The summed E-state index contributed by atoms with van der Waals surface area (Å²) in [5, 5.41) is 10.5. The van der Waals surface area contributed by atoms with Crippen molar-refractivity contribution in [1.29, 1.82) is 0 Å². The lowest BCUT2D eigenvalue weighted by Crippen LogP contribution is -2.24. The van der Waals surface area contributed by atoms with Crippen LogP contribution in [0.2, 0.25) is 0 Å². The molecule has 0 saturated heterocycles. The Balaban J connectivity index is 1.60. The number of hydrogen-bond donors (Lipinski definition) is 1. The highest BCUT2D eigenvalue weighted by atomic mass is 16.1. The Morgan fingerprint density at radius 3 is 2.36 bits per heavy atom. The van der Waals surface area contributed by atoms with Gasteiger partial charge in [-0.3, -0.25) is 4.79 Å². The number of carbonyl (C=O) groups is 1. The van der Waals surface area contributed by atoms with Crippen LogP contribution < -0.4 is 5.32 Å². The van der Waals surface area contributed by atoms with E-state index in [1.54, 1.807) is 0 Å². The fourth-order valence-electron chi connectivity index (χ4n) is 4.74. The second kappa shape index (κ2) is 7.75. The molecule has 0 bridgehead atoms. The average Bonchev–Trinajstić information content (AvgIpc) is 3.23. The summed E-state index contributed by atoms with van der Waals surface area (Å²) in [6, 6.07) is 33.3. The van der Waals surface area contributed by atoms with Gasteiger partial charge in [-0.1, -0.05) is 90.5 Å². The number of anilines is 1. The summed E-state index contributed by atoms with van der Waals surface area (Å²) in [4.78, 5) is 12.9. The molecule has 1 aliphatic heterocycles. The molecular formula is C29H23N3O. The molecule has 0 spiro atoms. The molecule has 4 heteroatoms. The van der Waals surface area contributed by atoms with Crippen molar-refractivity contribution in [2.24, 2.45) is 0 Å². The first-order valence-electron chi connectivity index (χ1n) is 11.2. The number of rotatable bonds is 3. The van der Waals surface area contributed by atoms with Gasteiger partial charge in [0.25, 0.3) is 0 Å². The minimum atomic E-state index is -0.0761. The molecule has 0 saturated carbocycles. The van der Waals surface area contributed by atoms with Crippen molar-refractivity contribution >= 4 is 22.5 Å². The summed E-state index contributed by atoms with van der Waals surface area (Å²) in [5.41, 5.74) is 6.26. The van der Waals surface area contributed by atoms with Crippen molar-refractivity contribution in [3.05, 3.63) is 114 Å². The molecule has 2 heterocycles. The molecule has 0 fully saturated rings. The summed E-state index contributed by atoms with van der Waals surface area (Å²) >= 11 is 0. The lowest BCUT2D eigenvalue weighted by atomic mass is 9.83. The van der Waals surface area contributed by atoms with Crippen molar-refractivity contribution in [1.82, 2.24) is 9.78 Å². The van der Waals surface area contributed by atoms with Gasteiger partial charge in [-0.15, -0.1) is 0 Å². The fourth-order valence-corrected chi connectivity index (χ4v) is 4.74. The number of benzene rings is 4. The van der Waals surface area contributed by atoms with Gasteiger partial charge in [0.05, 0.1) is 11.4 Å². The summed E-state index contributed by atoms with van der Waals surface area (Å²) < 4.78 is 1.88. The Bertz CT molecular complexity index is 1480. The predicted octanol–water partition coefficient (Wildman–Crippen LogP) is 6.48. The van der Waals surface area contributed by atoms with Gasteiger partial charge < -0.3 is 5.32 Å². The molecule has 0 aliphatic carbocycles. The van der Waals surface area contributed by atoms with E-state index in [1.165, 1.54) is 16.3 Å². The molecule has 1 amide bonds. The Labute approximate surface area is 192 Å². The van der Waals surface area contributed by atoms with Crippen LogP contribution in [0.25, 0.3) is 27.7 Å². The molecule has 5 aromatic rings. The van der Waals surface area contributed by atoms with Crippen molar-refractivity contribution in [2.75, 3.05) is 5.32 Å². The van der Waals surface area contributed by atoms with Crippen molar-refractivity contribution in [2.45, 2.75) is 19.3 Å². The van der Waals surface area contributed by atoms with E-state index in [2.05, 4.69) is 72.9 Å². The first-order valence-corrected chi connectivity index (χ1v) is 11.2. The Hall–Kier alpha value is -4.18. The monoisotopic (exact) mass is 429 g/mol. The zero-order valence-electron chi connectivity index (χ0n) is 18.3. The molecule has 1 atom stereocenters. The standard InChI is InChI=1S/C29H23N3O/c1-19-11-15-24(16-12-19)32-29-27(28(31-32)21-8-3-2-4-9-21)25(18-26(33)30-29)23-14-13-20-7-5-6-10-22(20)17-23/h2-17,25H,18H2,1H3,(H,30,33). The lowest BCUT2D eigenvalue weighted by molar-refractivity contribution is -0.116. The van der Waals surface area contributed by atoms with Gasteiger partial charge >= 0.3 is 0 Å². The van der Waals surface area contributed by atoms with E-state index >= 15 is 0 Å². The molecule has 0 radical (unpaired) electrons. The van der Waals surface area contributed by atoms with Crippen LogP contribution in [-0.2, 0) is 4.79 Å². The maximum absolute atomic E-state index is 12.9. The number of aryl methyl sites for hydroxylation is 1. The number of nitrogens with one attached hydrogen (secondary N) is 1. The van der Waals surface area contributed by atoms with Gasteiger partial charge in [-0.2, -0.15) is 5.10 Å². The summed E-state index contributed by atoms with van der Waals surface area (Å²) in [5.74, 6) is 0.688. The van der Waals surface area contributed by atoms with E-state index in [1.807, 2.05) is 41.1 Å². The number of carbonyl (C=O) groups excluding carboxylic acids is 1. The molecule has 6 rings (SSSR count). The van der Waals surface area contributed by atoms with Crippen LogP contribution in [0, 0.1) is 6.92 Å². The molecular weight excluding hydrogens is 406 g/mol. The van der Waals surface area contributed by atoms with Gasteiger partial charge in [0.2, 0.25) is 5.91 Å². The van der Waals surface area contributed by atoms with E-state index in [9.17, 15) is 4.79 Å². The second-order valence-electron chi connectivity index (χ2n) is 8.64. The third-order valence-electron chi connectivity index (χ3n) is 6.42. The number of amides is 1. The zero-order valence-corrected chi connectivity index (χ0v) is 18.3. The van der Waals surface area contributed by atoms with Crippen LogP contribution in [-0.4, -0.2) is 15.7 Å². The maximum Gasteiger partial charge on any atom is 0.226 e. The van der Waals surface area contributed by atoms with Gasteiger partial charge in [0.1, 0.15) is 5.82 Å². The number of nitrogens with zero attached hydrogens (tertiary/aromatic N) is 2. The van der Waals surface area contributed by atoms with Gasteiger partial charge in [0, 0.05) is 23.5 Å². The highest BCUT2D eigenvalue weighted by molar-refractivity contribution is 5.97. The molecule has 1 aliphatic rings. The van der Waals surface area contributed by atoms with E-state index in [4.69, 9.17) is 5.10 Å². The zero-order chi connectivity index (χ0) is 22.4. The highest BCUT2D eigenvalue weighted by Crippen LogP contribution is 2.44. The lowest BCUT2D eigenvalue weighted by Gasteiger charge is -2.25. The average molecular weight is 430 g/mol. The largest absolute Gasteiger partial charge is 0.310 e. The number of fused-ring (bicyclic) bond motifs is 2. The van der Waals surface area contributed by atoms with E-state index < -0.39 is 0 Å². The normalized spacial score (nSPS) is 15.3.